The second kappa shape index (κ2) is 16.1. The summed E-state index contributed by atoms with van der Waals surface area (Å²) in [4.78, 5) is 20.8. The second-order valence-corrected chi connectivity index (χ2v) is 11.6. The van der Waals surface area contributed by atoms with Crippen LogP contribution in [0, 0.1) is 17.9 Å². The number of nitrogens with zero attached hydrogens (tertiary/aromatic N) is 2. The Hall–Kier alpha value is -3.14. The largest absolute Gasteiger partial charge is 0.512 e. The number of benzene rings is 2. The molecule has 2 aromatic carbocycles. The van der Waals surface area contributed by atoms with Crippen LogP contribution in [0.15, 0.2) is 72.9 Å². The van der Waals surface area contributed by atoms with E-state index in [1.807, 2.05) is 46.3 Å². The molecule has 1 radical (unpaired) electrons. The Labute approximate surface area is 271 Å². The molecule has 229 valence electrons. The maximum Gasteiger partial charge on any atom is 0.162 e. The van der Waals surface area contributed by atoms with Gasteiger partial charge < -0.3 is 5.11 Å². The third-order valence-corrected chi connectivity index (χ3v) is 8.63. The molecule has 1 N–H and O–H groups in total. The first-order valence-electron chi connectivity index (χ1n) is 15.6. The molecule has 2 heterocycles. The van der Waals surface area contributed by atoms with Crippen LogP contribution < -0.4 is 0 Å². The van der Waals surface area contributed by atoms with Gasteiger partial charge in [0.2, 0.25) is 0 Å². The summed E-state index contributed by atoms with van der Waals surface area (Å²) in [7, 11) is 0. The van der Waals surface area contributed by atoms with Gasteiger partial charge in [-0.2, -0.15) is 0 Å². The minimum atomic E-state index is 0. The Morgan fingerprint density at radius 2 is 1.56 bits per heavy atom. The summed E-state index contributed by atoms with van der Waals surface area (Å²) in [6.45, 7) is 12.6. The SMILES string of the molecule is CC(C)c1cc(-c2cc3c(cn2)CCc2cnccc2-3)[c-]c2ccccc12.CCC(CC)C(=O)/C=C(\O)C(CC)CC.[Ir]. The van der Waals surface area contributed by atoms with Gasteiger partial charge in [-0.3, -0.25) is 14.8 Å². The number of aliphatic hydroxyl groups is 1. The Kier molecular flexibility index (Phi) is 12.8. The summed E-state index contributed by atoms with van der Waals surface area (Å²) >= 11 is 0. The first kappa shape index (κ1) is 34.4. The number of rotatable bonds is 9. The molecule has 5 rings (SSSR count). The summed E-state index contributed by atoms with van der Waals surface area (Å²) in [6, 6.07) is 18.7. The van der Waals surface area contributed by atoms with Crippen molar-refractivity contribution in [2.45, 2.75) is 86.0 Å². The van der Waals surface area contributed by atoms with E-state index >= 15 is 0 Å². The van der Waals surface area contributed by atoms with Gasteiger partial charge in [-0.05, 0) is 72.8 Å². The molecule has 0 bridgehead atoms. The number of ketones is 1. The monoisotopic (exact) mass is 754 g/mol. The fourth-order valence-corrected chi connectivity index (χ4v) is 5.89. The van der Waals surface area contributed by atoms with Crippen LogP contribution in [0.3, 0.4) is 0 Å². The summed E-state index contributed by atoms with van der Waals surface area (Å²) in [6.07, 6.45) is 12.9. The number of carbonyl (C=O) groups excluding carboxylic acids is 1. The van der Waals surface area contributed by atoms with Crippen LogP contribution in [0.2, 0.25) is 0 Å². The molecule has 1 aliphatic carbocycles. The van der Waals surface area contributed by atoms with E-state index in [9.17, 15) is 9.90 Å². The van der Waals surface area contributed by atoms with E-state index in [0.29, 0.717) is 5.92 Å². The van der Waals surface area contributed by atoms with Crippen LogP contribution >= 0.6 is 0 Å². The van der Waals surface area contributed by atoms with Crippen molar-refractivity contribution in [1.29, 1.82) is 0 Å². The minimum absolute atomic E-state index is 0. The first-order chi connectivity index (χ1) is 20.3. The zero-order chi connectivity index (χ0) is 30.2. The number of hydrogen-bond donors (Lipinski definition) is 1. The van der Waals surface area contributed by atoms with E-state index in [0.717, 1.165) is 55.2 Å². The van der Waals surface area contributed by atoms with Crippen molar-refractivity contribution in [1.82, 2.24) is 9.97 Å². The molecular weight excluding hydrogens is 709 g/mol. The van der Waals surface area contributed by atoms with Gasteiger partial charge in [0.05, 0.1) is 5.76 Å². The molecule has 0 atom stereocenters. The van der Waals surface area contributed by atoms with Gasteiger partial charge in [0, 0.05) is 62.3 Å². The Morgan fingerprint density at radius 1 is 0.907 bits per heavy atom. The summed E-state index contributed by atoms with van der Waals surface area (Å²) in [5.74, 6) is 0.999. The van der Waals surface area contributed by atoms with Crippen molar-refractivity contribution < 1.29 is 30.0 Å². The van der Waals surface area contributed by atoms with Gasteiger partial charge in [0.1, 0.15) is 0 Å². The average Bonchev–Trinajstić information content (AvgIpc) is 3.01. The fourth-order valence-electron chi connectivity index (χ4n) is 5.89. The Morgan fingerprint density at radius 3 is 2.21 bits per heavy atom. The quantitative estimate of drug-likeness (QED) is 0.105. The minimum Gasteiger partial charge on any atom is -0.512 e. The molecule has 0 saturated carbocycles. The Balaban J connectivity index is 0.000000274. The zero-order valence-electron chi connectivity index (χ0n) is 26.4. The number of aryl methyl sites for hydroxylation is 2. The van der Waals surface area contributed by atoms with Gasteiger partial charge in [-0.15, -0.1) is 29.1 Å². The maximum atomic E-state index is 11.7. The predicted molar refractivity (Wildman–Crippen MR) is 175 cm³/mol. The average molecular weight is 754 g/mol. The smallest absolute Gasteiger partial charge is 0.162 e. The molecular formula is C38H45IrN2O2-. The van der Waals surface area contributed by atoms with Crippen molar-refractivity contribution >= 4 is 16.6 Å². The van der Waals surface area contributed by atoms with Crippen LogP contribution in [0.4, 0.5) is 0 Å². The maximum absolute atomic E-state index is 11.7. The number of fused-ring (bicyclic) bond motifs is 4. The summed E-state index contributed by atoms with van der Waals surface area (Å²) < 4.78 is 0. The number of allylic oxidation sites excluding steroid dienone is 2. The predicted octanol–water partition coefficient (Wildman–Crippen LogP) is 9.85. The molecule has 0 unspecified atom stereocenters. The third-order valence-electron chi connectivity index (χ3n) is 8.63. The van der Waals surface area contributed by atoms with E-state index in [4.69, 9.17) is 4.98 Å². The molecule has 0 saturated heterocycles. The van der Waals surface area contributed by atoms with E-state index in [2.05, 4.69) is 67.4 Å². The molecule has 0 amide bonds. The standard InChI is InChI=1S/C25H21N2.C13H24O2.Ir/c1-16(2)23-12-20(11-17-5-3-4-6-21(17)23)25-13-24-19(15-27-25)8-7-18-14-26-10-9-22(18)24;1-5-10(6-2)12(14)9-13(15)11(7-3)8-4;/h3-6,9-10,12-16H,7-8H2,1-2H3;9-11,14H,5-8H2,1-4H3;/q-1;;/b;12-9-;. The van der Waals surface area contributed by atoms with Crippen molar-refractivity contribution in [3.63, 3.8) is 0 Å². The van der Waals surface area contributed by atoms with Crippen molar-refractivity contribution in [3.8, 4) is 22.4 Å². The topological polar surface area (TPSA) is 63.1 Å². The number of hydrogen-bond acceptors (Lipinski definition) is 4. The van der Waals surface area contributed by atoms with E-state index < -0.39 is 0 Å². The van der Waals surface area contributed by atoms with Crippen molar-refractivity contribution in [2.75, 3.05) is 0 Å². The van der Waals surface area contributed by atoms with Crippen LogP contribution in [0.25, 0.3) is 33.2 Å². The normalized spacial score (nSPS) is 12.4. The van der Waals surface area contributed by atoms with Gasteiger partial charge in [-0.25, -0.2) is 0 Å². The van der Waals surface area contributed by atoms with E-state index in [-0.39, 0.29) is 43.5 Å². The van der Waals surface area contributed by atoms with Crippen molar-refractivity contribution in [2.24, 2.45) is 11.8 Å². The van der Waals surface area contributed by atoms with Crippen LogP contribution in [0.1, 0.15) is 89.8 Å². The van der Waals surface area contributed by atoms with Crippen LogP contribution in [-0.2, 0) is 37.7 Å². The summed E-state index contributed by atoms with van der Waals surface area (Å²) in [5, 5.41) is 12.2. The van der Waals surface area contributed by atoms with Gasteiger partial charge in [0.15, 0.2) is 5.78 Å². The molecule has 0 fully saturated rings. The van der Waals surface area contributed by atoms with Crippen molar-refractivity contribution in [3.05, 3.63) is 95.6 Å². The zero-order valence-corrected chi connectivity index (χ0v) is 28.8. The van der Waals surface area contributed by atoms with Gasteiger partial charge >= 0.3 is 0 Å². The molecule has 5 heteroatoms. The molecule has 1 aliphatic rings. The van der Waals surface area contributed by atoms with Gasteiger partial charge in [-0.1, -0.05) is 76.8 Å². The second-order valence-electron chi connectivity index (χ2n) is 11.6. The molecule has 4 aromatic rings. The van der Waals surface area contributed by atoms with Crippen LogP contribution in [-0.4, -0.2) is 20.9 Å². The number of carbonyl (C=O) groups is 1. The van der Waals surface area contributed by atoms with E-state index in [1.54, 1.807) is 0 Å². The number of aliphatic hydroxyl groups excluding tert-OH is 1. The first-order valence-corrected chi connectivity index (χ1v) is 15.6. The number of pyridine rings is 2. The van der Waals surface area contributed by atoms with Crippen LogP contribution in [0.5, 0.6) is 0 Å². The van der Waals surface area contributed by atoms with E-state index in [1.165, 1.54) is 39.3 Å². The number of aromatic nitrogens is 2. The Bertz CT molecular complexity index is 1550. The molecule has 4 nitrogen and oxygen atoms in total. The van der Waals surface area contributed by atoms with Gasteiger partial charge in [0.25, 0.3) is 0 Å². The molecule has 2 aromatic heterocycles. The summed E-state index contributed by atoms with van der Waals surface area (Å²) in [5.41, 5.74) is 8.64. The molecule has 0 spiro atoms. The molecule has 0 aliphatic heterocycles. The third kappa shape index (κ3) is 8.07. The fraction of sp³-hybridized carbons (Fsp3) is 0.395. The molecule has 43 heavy (non-hydrogen) atoms.